The molecular formula is C25H25N3O6. The Morgan fingerprint density at radius 3 is 2.50 bits per heavy atom. The number of amides is 3. The minimum absolute atomic E-state index is 0.00150. The van der Waals surface area contributed by atoms with Crippen LogP contribution in [0, 0.1) is 0 Å². The minimum Gasteiger partial charge on any atom is -0.464 e. The Kier molecular flexibility index (Phi) is 6.49. The molecule has 1 atom stereocenters. The first kappa shape index (κ1) is 23.2. The molecule has 0 aliphatic carbocycles. The lowest BCUT2D eigenvalue weighted by atomic mass is 10.1. The van der Waals surface area contributed by atoms with Crippen LogP contribution in [0.3, 0.4) is 0 Å². The van der Waals surface area contributed by atoms with Gasteiger partial charge in [-0.1, -0.05) is 30.3 Å². The molecule has 9 heteroatoms. The van der Waals surface area contributed by atoms with Crippen molar-refractivity contribution in [2.75, 3.05) is 18.6 Å². The number of ether oxygens (including phenoxy) is 1. The number of carbonyl (C=O) groups excluding carboxylic acids is 3. The lowest BCUT2D eigenvalue weighted by molar-refractivity contribution is -0.253. The second-order valence-electron chi connectivity index (χ2n) is 7.89. The zero-order valence-electron chi connectivity index (χ0n) is 19.1. The van der Waals surface area contributed by atoms with Crippen molar-refractivity contribution < 1.29 is 29.3 Å². The summed E-state index contributed by atoms with van der Waals surface area (Å²) in [5, 5.41) is 9.44. The molecule has 1 aliphatic rings. The van der Waals surface area contributed by atoms with Gasteiger partial charge in [0.25, 0.3) is 5.91 Å². The number of imide groups is 1. The largest absolute Gasteiger partial charge is 0.464 e. The van der Waals surface area contributed by atoms with E-state index in [0.29, 0.717) is 16.8 Å². The van der Waals surface area contributed by atoms with E-state index in [2.05, 4.69) is 4.89 Å². The molecule has 1 N–H and O–H groups in total. The van der Waals surface area contributed by atoms with Crippen LogP contribution in [0.25, 0.3) is 17.0 Å². The summed E-state index contributed by atoms with van der Waals surface area (Å²) in [4.78, 5) is 45.1. The zero-order chi connectivity index (χ0) is 24.4. The average Bonchev–Trinajstić information content (AvgIpc) is 3.30. The monoisotopic (exact) mass is 463 g/mol. The third-order valence-electron chi connectivity index (χ3n) is 5.80. The number of hydrogen-bond donors (Lipinski definition) is 1. The first-order chi connectivity index (χ1) is 16.4. The topological polar surface area (TPSA) is 101 Å². The number of benzene rings is 2. The van der Waals surface area contributed by atoms with Crippen molar-refractivity contribution in [3.8, 4) is 0 Å². The molecule has 3 aromatic rings. The smallest absolute Gasteiger partial charge is 0.336 e. The summed E-state index contributed by atoms with van der Waals surface area (Å²) in [6.07, 6.45) is 3.45. The molecule has 0 spiro atoms. The van der Waals surface area contributed by atoms with Gasteiger partial charge in [0.2, 0.25) is 0 Å². The van der Waals surface area contributed by atoms with Crippen molar-refractivity contribution in [3.05, 3.63) is 71.6 Å². The summed E-state index contributed by atoms with van der Waals surface area (Å²) in [6, 6.07) is 13.1. The number of fused-ring (bicyclic) bond motifs is 1. The van der Waals surface area contributed by atoms with E-state index < -0.39 is 18.0 Å². The van der Waals surface area contributed by atoms with E-state index in [9.17, 15) is 14.4 Å². The Labute approximate surface area is 196 Å². The highest BCUT2D eigenvalue weighted by Gasteiger charge is 2.40. The van der Waals surface area contributed by atoms with Crippen molar-refractivity contribution in [2.45, 2.75) is 26.5 Å². The molecule has 1 fully saturated rings. The number of esters is 1. The number of rotatable bonds is 7. The standard InChI is InChI=1S/C25H25N3O6/c1-4-33-24(30)16(2)27-14-18(20-7-5-6-8-21(20)27)13-22-23(29)28(25(31)26(22)3)19-11-9-17(10-12-19)15-34-32/h5-14,16,32H,4,15H2,1-3H3/b22-13-. The van der Waals surface area contributed by atoms with Gasteiger partial charge < -0.3 is 9.30 Å². The molecule has 0 radical (unpaired) electrons. The van der Waals surface area contributed by atoms with Crippen molar-refractivity contribution in [2.24, 2.45) is 0 Å². The molecule has 0 bridgehead atoms. The van der Waals surface area contributed by atoms with Crippen LogP contribution in [0.5, 0.6) is 0 Å². The van der Waals surface area contributed by atoms with Crippen LogP contribution in [0.15, 0.2) is 60.4 Å². The van der Waals surface area contributed by atoms with Gasteiger partial charge in [0, 0.05) is 29.7 Å². The fourth-order valence-corrected chi connectivity index (χ4v) is 3.99. The molecule has 176 valence electrons. The number of hydrogen-bond acceptors (Lipinski definition) is 6. The maximum atomic E-state index is 13.3. The second kappa shape index (κ2) is 9.50. The molecule has 34 heavy (non-hydrogen) atoms. The number of anilines is 1. The number of aromatic nitrogens is 1. The van der Waals surface area contributed by atoms with Gasteiger partial charge in [-0.2, -0.15) is 0 Å². The molecule has 1 aromatic heterocycles. The van der Waals surface area contributed by atoms with Crippen molar-refractivity contribution in [3.63, 3.8) is 0 Å². The van der Waals surface area contributed by atoms with Crippen LogP contribution in [-0.2, 0) is 25.8 Å². The average molecular weight is 463 g/mol. The molecule has 9 nitrogen and oxygen atoms in total. The highest BCUT2D eigenvalue weighted by atomic mass is 17.1. The van der Waals surface area contributed by atoms with E-state index >= 15 is 0 Å². The number of para-hydroxylation sites is 1. The van der Waals surface area contributed by atoms with Crippen LogP contribution in [0.1, 0.15) is 31.0 Å². The molecule has 1 unspecified atom stereocenters. The Balaban J connectivity index is 1.72. The first-order valence-electron chi connectivity index (χ1n) is 10.8. The Bertz CT molecular complexity index is 1280. The van der Waals surface area contributed by atoms with Gasteiger partial charge in [-0.15, -0.1) is 0 Å². The van der Waals surface area contributed by atoms with Crippen LogP contribution in [0.2, 0.25) is 0 Å². The van der Waals surface area contributed by atoms with E-state index in [0.717, 1.165) is 15.8 Å². The molecular weight excluding hydrogens is 438 g/mol. The molecule has 3 amide bonds. The highest BCUT2D eigenvalue weighted by molar-refractivity contribution is 6.28. The molecule has 2 aromatic carbocycles. The van der Waals surface area contributed by atoms with Crippen LogP contribution in [-0.4, -0.2) is 46.3 Å². The Hall–Kier alpha value is -3.95. The predicted molar refractivity (Wildman–Crippen MR) is 126 cm³/mol. The summed E-state index contributed by atoms with van der Waals surface area (Å²) in [7, 11) is 1.54. The predicted octanol–water partition coefficient (Wildman–Crippen LogP) is 4.19. The lowest BCUT2D eigenvalue weighted by Gasteiger charge is -2.13. The van der Waals surface area contributed by atoms with E-state index in [1.807, 2.05) is 24.3 Å². The molecule has 4 rings (SSSR count). The van der Waals surface area contributed by atoms with Crippen molar-refractivity contribution in [1.29, 1.82) is 0 Å². The van der Waals surface area contributed by atoms with Gasteiger partial charge in [-0.3, -0.25) is 15.0 Å². The minimum atomic E-state index is -0.562. The molecule has 2 heterocycles. The summed E-state index contributed by atoms with van der Waals surface area (Å²) >= 11 is 0. The normalized spacial score (nSPS) is 16.1. The maximum absolute atomic E-state index is 13.3. The lowest BCUT2D eigenvalue weighted by Crippen LogP contribution is -2.31. The van der Waals surface area contributed by atoms with Gasteiger partial charge in [-0.25, -0.2) is 19.4 Å². The van der Waals surface area contributed by atoms with E-state index in [1.54, 1.807) is 62.0 Å². The van der Waals surface area contributed by atoms with Gasteiger partial charge in [-0.05, 0) is 43.7 Å². The quantitative estimate of drug-likeness (QED) is 0.185. The van der Waals surface area contributed by atoms with Gasteiger partial charge in [0.15, 0.2) is 0 Å². The number of carbonyl (C=O) groups is 3. The van der Waals surface area contributed by atoms with E-state index in [-0.39, 0.29) is 24.9 Å². The molecule has 1 saturated heterocycles. The summed E-state index contributed by atoms with van der Waals surface area (Å²) < 4.78 is 6.98. The SMILES string of the molecule is CCOC(=O)C(C)n1cc(/C=C2/C(=O)N(c3ccc(COO)cc3)C(=O)N2C)c2ccccc21. The van der Waals surface area contributed by atoms with Gasteiger partial charge in [0.1, 0.15) is 18.3 Å². The fraction of sp³-hybridized carbons (Fsp3) is 0.240. The highest BCUT2D eigenvalue weighted by Crippen LogP contribution is 2.31. The van der Waals surface area contributed by atoms with Gasteiger partial charge in [0.05, 0.1) is 12.3 Å². The third kappa shape index (κ3) is 4.07. The zero-order valence-corrected chi connectivity index (χ0v) is 19.1. The van der Waals surface area contributed by atoms with E-state index in [1.165, 1.54) is 4.90 Å². The van der Waals surface area contributed by atoms with Crippen LogP contribution >= 0.6 is 0 Å². The van der Waals surface area contributed by atoms with Gasteiger partial charge >= 0.3 is 12.0 Å². The Morgan fingerprint density at radius 1 is 1.12 bits per heavy atom. The van der Waals surface area contributed by atoms with Crippen LogP contribution < -0.4 is 4.90 Å². The molecule has 0 saturated carbocycles. The third-order valence-corrected chi connectivity index (χ3v) is 5.80. The number of likely N-dealkylation sites (N-methyl/N-ethyl adjacent to an activating group) is 1. The summed E-state index contributed by atoms with van der Waals surface area (Å²) in [6.45, 7) is 3.80. The van der Waals surface area contributed by atoms with Crippen molar-refractivity contribution >= 4 is 40.6 Å². The summed E-state index contributed by atoms with van der Waals surface area (Å²) in [5.74, 6) is -0.818. The first-order valence-corrected chi connectivity index (χ1v) is 10.8. The Morgan fingerprint density at radius 2 is 1.82 bits per heavy atom. The van der Waals surface area contributed by atoms with Crippen molar-refractivity contribution in [1.82, 2.24) is 9.47 Å². The summed E-state index contributed by atoms with van der Waals surface area (Å²) in [5.41, 5.74) is 2.82. The number of nitrogens with zero attached hydrogens (tertiary/aromatic N) is 3. The fourth-order valence-electron chi connectivity index (χ4n) is 3.99. The van der Waals surface area contributed by atoms with E-state index in [4.69, 9.17) is 9.99 Å². The number of urea groups is 1. The second-order valence-corrected chi connectivity index (χ2v) is 7.89. The maximum Gasteiger partial charge on any atom is 0.336 e. The molecule has 1 aliphatic heterocycles. The van der Waals surface area contributed by atoms with Crippen LogP contribution in [0.4, 0.5) is 10.5 Å².